The van der Waals surface area contributed by atoms with Crippen molar-refractivity contribution in [3.8, 4) is 11.4 Å². The number of furan rings is 1. The zero-order valence-corrected chi connectivity index (χ0v) is 14.6. The first kappa shape index (κ1) is 17.2. The van der Waals surface area contributed by atoms with Gasteiger partial charge in [0.05, 0.1) is 23.6 Å². The monoisotopic (exact) mass is 360 g/mol. The molecule has 0 saturated heterocycles. The van der Waals surface area contributed by atoms with Crippen LogP contribution in [0.3, 0.4) is 0 Å². The first-order valence-corrected chi connectivity index (χ1v) is 8.64. The Hall–Kier alpha value is -2.61. The molecule has 130 valence electrons. The Kier molecular flexibility index (Phi) is 5.18. The zero-order chi connectivity index (χ0) is 17.8. The number of hydrogen-bond acceptors (Lipinski definition) is 5. The molecule has 0 aliphatic heterocycles. The highest BCUT2D eigenvalue weighted by atomic mass is 32.2. The van der Waals surface area contributed by atoms with Gasteiger partial charge in [0.25, 0.3) is 0 Å². The molecule has 6 nitrogen and oxygen atoms in total. The lowest BCUT2D eigenvalue weighted by Gasteiger charge is -2.11. The van der Waals surface area contributed by atoms with E-state index in [9.17, 15) is 9.18 Å². The van der Waals surface area contributed by atoms with Gasteiger partial charge in [-0.15, -0.1) is 10.2 Å². The van der Waals surface area contributed by atoms with Crippen LogP contribution in [0.1, 0.15) is 18.7 Å². The Bertz CT molecular complexity index is 863. The summed E-state index contributed by atoms with van der Waals surface area (Å²) in [5.74, 6) is 0.779. The number of halogens is 1. The van der Waals surface area contributed by atoms with Gasteiger partial charge in [0.2, 0.25) is 5.91 Å². The highest BCUT2D eigenvalue weighted by Crippen LogP contribution is 2.24. The normalized spacial score (nSPS) is 12.1. The third-order valence-electron chi connectivity index (χ3n) is 3.63. The molecule has 1 N–H and O–H groups in total. The van der Waals surface area contributed by atoms with Crippen LogP contribution in [0.15, 0.2) is 52.2 Å². The van der Waals surface area contributed by atoms with E-state index >= 15 is 0 Å². The van der Waals surface area contributed by atoms with E-state index in [2.05, 4.69) is 15.5 Å². The standard InChI is InChI=1S/C17H17FN4O2S/c1-11(14-8-5-9-24-14)19-15(23)10-25-17-21-20-16(22(17)2)12-6-3-4-7-13(12)18/h3-9,11H,10H2,1-2H3,(H,19,23)/t11-/m1/s1. The molecule has 1 amide bonds. The van der Waals surface area contributed by atoms with Gasteiger partial charge in [-0.2, -0.15) is 0 Å². The molecular formula is C17H17FN4O2S. The molecule has 1 atom stereocenters. The van der Waals surface area contributed by atoms with E-state index in [1.807, 2.05) is 6.92 Å². The second-order valence-corrected chi connectivity index (χ2v) is 6.38. The van der Waals surface area contributed by atoms with Gasteiger partial charge in [-0.3, -0.25) is 4.79 Å². The van der Waals surface area contributed by atoms with E-state index in [1.54, 1.807) is 48.2 Å². The molecule has 0 bridgehead atoms. The summed E-state index contributed by atoms with van der Waals surface area (Å²) in [6.45, 7) is 1.85. The minimum absolute atomic E-state index is 0.149. The summed E-state index contributed by atoms with van der Waals surface area (Å²) in [4.78, 5) is 12.1. The lowest BCUT2D eigenvalue weighted by Crippen LogP contribution is -2.28. The van der Waals surface area contributed by atoms with Crippen molar-refractivity contribution in [2.45, 2.75) is 18.1 Å². The molecule has 1 aromatic carbocycles. The Labute approximate surface area is 148 Å². The van der Waals surface area contributed by atoms with Crippen LogP contribution >= 0.6 is 11.8 Å². The fourth-order valence-corrected chi connectivity index (χ4v) is 3.06. The van der Waals surface area contributed by atoms with Gasteiger partial charge in [0.1, 0.15) is 11.6 Å². The number of benzene rings is 1. The maximum Gasteiger partial charge on any atom is 0.231 e. The number of aromatic nitrogens is 3. The third kappa shape index (κ3) is 3.90. The quantitative estimate of drug-likeness (QED) is 0.684. The molecule has 0 fully saturated rings. The fourth-order valence-electron chi connectivity index (χ4n) is 2.34. The van der Waals surface area contributed by atoms with E-state index in [0.29, 0.717) is 22.3 Å². The van der Waals surface area contributed by atoms with Crippen LogP contribution < -0.4 is 5.32 Å². The summed E-state index contributed by atoms with van der Waals surface area (Å²) in [7, 11) is 1.74. The van der Waals surface area contributed by atoms with Gasteiger partial charge in [0, 0.05) is 7.05 Å². The number of hydrogen-bond donors (Lipinski definition) is 1. The molecule has 3 aromatic rings. The van der Waals surface area contributed by atoms with Crippen LogP contribution in [0.5, 0.6) is 0 Å². The van der Waals surface area contributed by atoms with Crippen LogP contribution in [-0.4, -0.2) is 26.4 Å². The molecule has 8 heteroatoms. The maximum atomic E-state index is 13.9. The van der Waals surface area contributed by atoms with Gasteiger partial charge >= 0.3 is 0 Å². The van der Waals surface area contributed by atoms with Crippen molar-refractivity contribution in [3.63, 3.8) is 0 Å². The average molecular weight is 360 g/mol. The maximum absolute atomic E-state index is 13.9. The van der Waals surface area contributed by atoms with Crippen LogP contribution in [0.25, 0.3) is 11.4 Å². The number of thioether (sulfide) groups is 1. The van der Waals surface area contributed by atoms with Crippen molar-refractivity contribution in [1.29, 1.82) is 0 Å². The van der Waals surface area contributed by atoms with Crippen molar-refractivity contribution >= 4 is 17.7 Å². The number of rotatable bonds is 6. The van der Waals surface area contributed by atoms with Gasteiger partial charge in [-0.25, -0.2) is 4.39 Å². The molecule has 2 aromatic heterocycles. The molecule has 0 radical (unpaired) electrons. The highest BCUT2D eigenvalue weighted by molar-refractivity contribution is 7.99. The molecule has 0 aliphatic carbocycles. The summed E-state index contributed by atoms with van der Waals surface area (Å²) >= 11 is 1.24. The SMILES string of the molecule is C[C@@H](NC(=O)CSc1nnc(-c2ccccc2F)n1C)c1ccco1. The van der Waals surface area contributed by atoms with Crippen molar-refractivity contribution in [1.82, 2.24) is 20.1 Å². The summed E-state index contributed by atoms with van der Waals surface area (Å²) in [5.41, 5.74) is 0.375. The molecule has 25 heavy (non-hydrogen) atoms. The van der Waals surface area contributed by atoms with Gasteiger partial charge in [-0.1, -0.05) is 23.9 Å². The summed E-state index contributed by atoms with van der Waals surface area (Å²) < 4.78 is 20.8. The first-order chi connectivity index (χ1) is 12.1. The van der Waals surface area contributed by atoms with Crippen molar-refractivity contribution < 1.29 is 13.6 Å². The lowest BCUT2D eigenvalue weighted by molar-refractivity contribution is -0.119. The van der Waals surface area contributed by atoms with Gasteiger partial charge in [0.15, 0.2) is 11.0 Å². The van der Waals surface area contributed by atoms with Crippen molar-refractivity contribution in [2.24, 2.45) is 7.05 Å². The number of carbonyl (C=O) groups excluding carboxylic acids is 1. The second-order valence-electron chi connectivity index (χ2n) is 5.44. The fraction of sp³-hybridized carbons (Fsp3) is 0.235. The Morgan fingerprint density at radius 1 is 1.32 bits per heavy atom. The van der Waals surface area contributed by atoms with E-state index in [4.69, 9.17) is 4.42 Å². The number of nitrogens with zero attached hydrogens (tertiary/aromatic N) is 3. The number of amides is 1. The topological polar surface area (TPSA) is 73.0 Å². The van der Waals surface area contributed by atoms with Gasteiger partial charge in [-0.05, 0) is 31.2 Å². The zero-order valence-electron chi connectivity index (χ0n) is 13.8. The molecular weight excluding hydrogens is 343 g/mol. The first-order valence-electron chi connectivity index (χ1n) is 7.66. The Balaban J connectivity index is 1.62. The molecule has 0 spiro atoms. The predicted molar refractivity (Wildman–Crippen MR) is 92.4 cm³/mol. The molecule has 0 saturated carbocycles. The van der Waals surface area contributed by atoms with E-state index < -0.39 is 0 Å². The minimum atomic E-state index is -0.362. The summed E-state index contributed by atoms with van der Waals surface area (Å²) in [5, 5.41) is 11.5. The third-order valence-corrected chi connectivity index (χ3v) is 4.65. The minimum Gasteiger partial charge on any atom is -0.467 e. The smallest absolute Gasteiger partial charge is 0.231 e. The number of nitrogens with one attached hydrogen (secondary N) is 1. The van der Waals surface area contributed by atoms with Crippen molar-refractivity contribution in [3.05, 3.63) is 54.2 Å². The predicted octanol–water partition coefficient (Wildman–Crippen LogP) is 3.18. The van der Waals surface area contributed by atoms with Crippen LogP contribution in [0, 0.1) is 5.82 Å². The molecule has 3 rings (SSSR count). The van der Waals surface area contributed by atoms with Gasteiger partial charge < -0.3 is 14.3 Å². The molecule has 2 heterocycles. The van der Waals surface area contributed by atoms with E-state index in [-0.39, 0.29) is 23.5 Å². The Morgan fingerprint density at radius 3 is 2.84 bits per heavy atom. The lowest BCUT2D eigenvalue weighted by atomic mass is 10.2. The highest BCUT2D eigenvalue weighted by Gasteiger charge is 2.16. The summed E-state index contributed by atoms with van der Waals surface area (Å²) in [6.07, 6.45) is 1.57. The second kappa shape index (κ2) is 7.52. The summed E-state index contributed by atoms with van der Waals surface area (Å²) in [6, 6.07) is 9.75. The molecule has 0 aliphatic rings. The van der Waals surface area contributed by atoms with Crippen molar-refractivity contribution in [2.75, 3.05) is 5.75 Å². The van der Waals surface area contributed by atoms with Crippen LogP contribution in [0.4, 0.5) is 4.39 Å². The molecule has 0 unspecified atom stereocenters. The van der Waals surface area contributed by atoms with Crippen LogP contribution in [0.2, 0.25) is 0 Å². The van der Waals surface area contributed by atoms with Crippen LogP contribution in [-0.2, 0) is 11.8 Å². The largest absolute Gasteiger partial charge is 0.467 e. The van der Waals surface area contributed by atoms with E-state index in [1.165, 1.54) is 17.8 Å². The van der Waals surface area contributed by atoms with E-state index in [0.717, 1.165) is 0 Å². The average Bonchev–Trinajstić information content (AvgIpc) is 3.24. The number of carbonyl (C=O) groups is 1. The Morgan fingerprint density at radius 2 is 2.12 bits per heavy atom.